The summed E-state index contributed by atoms with van der Waals surface area (Å²) in [5.41, 5.74) is 4.00. The Morgan fingerprint density at radius 2 is 1.72 bits per heavy atom. The maximum Gasteiger partial charge on any atom is 0.323 e. The molecule has 0 spiro atoms. The van der Waals surface area contributed by atoms with Gasteiger partial charge in [-0.05, 0) is 61.4 Å². The van der Waals surface area contributed by atoms with Gasteiger partial charge in [0.15, 0.2) is 5.75 Å². The highest BCUT2D eigenvalue weighted by Gasteiger charge is 2.15. The minimum atomic E-state index is -0.423. The number of nitrogens with one attached hydrogen (secondary N) is 2. The van der Waals surface area contributed by atoms with Gasteiger partial charge in [-0.2, -0.15) is 5.10 Å². The zero-order valence-corrected chi connectivity index (χ0v) is 17.9. The first-order valence-corrected chi connectivity index (χ1v) is 10.3. The monoisotopic (exact) mass is 428 g/mol. The fraction of sp³-hybridized carbons (Fsp3) is 0.120. The van der Waals surface area contributed by atoms with Crippen molar-refractivity contribution >= 4 is 17.4 Å². The third-order valence-corrected chi connectivity index (χ3v) is 4.87. The van der Waals surface area contributed by atoms with Gasteiger partial charge in [0.25, 0.3) is 0 Å². The van der Waals surface area contributed by atoms with E-state index in [1.165, 1.54) is 12.1 Å². The molecule has 0 radical (unpaired) electrons. The molecule has 3 N–H and O–H groups in total. The van der Waals surface area contributed by atoms with E-state index in [1.807, 2.05) is 43.3 Å². The van der Waals surface area contributed by atoms with Gasteiger partial charge in [-0.1, -0.05) is 37.3 Å². The van der Waals surface area contributed by atoms with E-state index in [9.17, 15) is 9.90 Å². The SMILES string of the molecule is CCc1ccccc1-n1nc(C)cc1Oc1ccccc1NC(=O)Nc1ccc(O)cc1. The summed E-state index contributed by atoms with van der Waals surface area (Å²) in [6, 6.07) is 22.9. The Kier molecular flexibility index (Phi) is 6.07. The van der Waals surface area contributed by atoms with Crippen LogP contribution in [0.3, 0.4) is 0 Å². The number of amides is 2. The van der Waals surface area contributed by atoms with Gasteiger partial charge in [-0.25, -0.2) is 9.48 Å². The van der Waals surface area contributed by atoms with Crippen LogP contribution in [0.2, 0.25) is 0 Å². The van der Waals surface area contributed by atoms with Crippen LogP contribution in [-0.2, 0) is 6.42 Å². The number of phenolic OH excluding ortho intramolecular Hbond substituents is 1. The fourth-order valence-electron chi connectivity index (χ4n) is 3.34. The van der Waals surface area contributed by atoms with Crippen LogP contribution in [0, 0.1) is 6.92 Å². The van der Waals surface area contributed by atoms with Crippen molar-refractivity contribution in [3.05, 3.63) is 90.1 Å². The Labute approximate surface area is 186 Å². The molecule has 0 bridgehead atoms. The predicted octanol–water partition coefficient (Wildman–Crippen LogP) is 5.89. The molecule has 0 atom stereocenters. The number of phenols is 1. The molecule has 32 heavy (non-hydrogen) atoms. The van der Waals surface area contributed by atoms with Crippen molar-refractivity contribution in [2.75, 3.05) is 10.6 Å². The Morgan fingerprint density at radius 1 is 1.00 bits per heavy atom. The molecule has 3 aromatic carbocycles. The summed E-state index contributed by atoms with van der Waals surface area (Å²) >= 11 is 0. The van der Waals surface area contributed by atoms with Crippen molar-refractivity contribution in [2.24, 2.45) is 0 Å². The van der Waals surface area contributed by atoms with Crippen LogP contribution in [0.15, 0.2) is 78.9 Å². The quantitative estimate of drug-likeness (QED) is 0.334. The zero-order valence-electron chi connectivity index (χ0n) is 17.9. The van der Waals surface area contributed by atoms with E-state index in [2.05, 4.69) is 28.7 Å². The van der Waals surface area contributed by atoms with Crippen molar-refractivity contribution < 1.29 is 14.6 Å². The Balaban J connectivity index is 1.58. The molecule has 0 aliphatic carbocycles. The Morgan fingerprint density at radius 3 is 2.50 bits per heavy atom. The van der Waals surface area contributed by atoms with E-state index in [0.29, 0.717) is 23.0 Å². The largest absolute Gasteiger partial charge is 0.508 e. The smallest absolute Gasteiger partial charge is 0.323 e. The molecule has 7 heteroatoms. The molecule has 0 aliphatic heterocycles. The van der Waals surface area contributed by atoms with E-state index < -0.39 is 6.03 Å². The third kappa shape index (κ3) is 4.73. The van der Waals surface area contributed by atoms with Crippen molar-refractivity contribution in [1.29, 1.82) is 0 Å². The molecule has 1 aromatic heterocycles. The van der Waals surface area contributed by atoms with Crippen LogP contribution in [-0.4, -0.2) is 20.9 Å². The second kappa shape index (κ2) is 9.26. The van der Waals surface area contributed by atoms with Gasteiger partial charge >= 0.3 is 6.03 Å². The van der Waals surface area contributed by atoms with E-state index in [4.69, 9.17) is 4.74 Å². The predicted molar refractivity (Wildman–Crippen MR) is 125 cm³/mol. The molecule has 4 rings (SSSR count). The average Bonchev–Trinajstić information content (AvgIpc) is 3.16. The van der Waals surface area contributed by atoms with E-state index in [1.54, 1.807) is 28.9 Å². The molecule has 4 aromatic rings. The van der Waals surface area contributed by atoms with Crippen LogP contribution in [0.5, 0.6) is 17.4 Å². The number of carbonyl (C=O) groups excluding carboxylic acids is 1. The van der Waals surface area contributed by atoms with E-state index >= 15 is 0 Å². The van der Waals surface area contributed by atoms with Crippen LogP contribution in [0.1, 0.15) is 18.2 Å². The normalized spacial score (nSPS) is 10.6. The number of benzene rings is 3. The number of nitrogens with zero attached hydrogens (tertiary/aromatic N) is 2. The molecule has 0 saturated carbocycles. The first-order chi connectivity index (χ1) is 15.5. The molecular weight excluding hydrogens is 404 g/mol. The number of rotatable bonds is 6. The van der Waals surface area contributed by atoms with Crippen LogP contribution >= 0.6 is 0 Å². The summed E-state index contributed by atoms with van der Waals surface area (Å²) < 4.78 is 7.99. The summed E-state index contributed by atoms with van der Waals surface area (Å²) in [7, 11) is 0. The Hall–Kier alpha value is -4.26. The minimum absolute atomic E-state index is 0.131. The molecule has 2 amide bonds. The summed E-state index contributed by atoms with van der Waals surface area (Å²) in [5.74, 6) is 1.17. The number of urea groups is 1. The molecule has 0 saturated heterocycles. The fourth-order valence-corrected chi connectivity index (χ4v) is 3.34. The van der Waals surface area contributed by atoms with Crippen LogP contribution < -0.4 is 15.4 Å². The lowest BCUT2D eigenvalue weighted by Crippen LogP contribution is -2.19. The lowest BCUT2D eigenvalue weighted by Gasteiger charge is -2.15. The third-order valence-electron chi connectivity index (χ3n) is 4.87. The summed E-state index contributed by atoms with van der Waals surface area (Å²) in [4.78, 5) is 12.5. The molecule has 162 valence electrons. The summed E-state index contributed by atoms with van der Waals surface area (Å²) in [5, 5.41) is 19.5. The minimum Gasteiger partial charge on any atom is -0.508 e. The number of hydrogen-bond acceptors (Lipinski definition) is 4. The first-order valence-electron chi connectivity index (χ1n) is 10.3. The number of aromatic hydroxyl groups is 1. The first kappa shape index (κ1) is 21.0. The van der Waals surface area contributed by atoms with Crippen molar-refractivity contribution in [3.8, 4) is 23.1 Å². The summed E-state index contributed by atoms with van der Waals surface area (Å²) in [6.07, 6.45) is 0.865. The maximum atomic E-state index is 12.5. The highest BCUT2D eigenvalue weighted by atomic mass is 16.5. The molecule has 0 aliphatic rings. The van der Waals surface area contributed by atoms with Crippen molar-refractivity contribution in [1.82, 2.24) is 9.78 Å². The molecule has 0 unspecified atom stereocenters. The maximum absolute atomic E-state index is 12.5. The molecule has 0 fully saturated rings. The number of hydrogen-bond donors (Lipinski definition) is 3. The number of aromatic nitrogens is 2. The van der Waals surface area contributed by atoms with Gasteiger partial charge in [-0.3, -0.25) is 0 Å². The zero-order chi connectivity index (χ0) is 22.5. The standard InChI is InChI=1S/C25H24N4O3/c1-3-18-8-4-6-10-22(18)29-24(16-17(2)28-29)32-23-11-7-5-9-21(23)27-25(31)26-19-12-14-20(30)15-13-19/h4-16,30H,3H2,1-2H3,(H2,26,27,31). The van der Waals surface area contributed by atoms with Crippen LogP contribution in [0.25, 0.3) is 5.69 Å². The second-order valence-electron chi connectivity index (χ2n) is 7.24. The number of ether oxygens (including phenoxy) is 1. The number of anilines is 2. The van der Waals surface area contributed by atoms with Gasteiger partial charge in [0, 0.05) is 11.8 Å². The number of para-hydroxylation sites is 3. The van der Waals surface area contributed by atoms with Crippen molar-refractivity contribution in [2.45, 2.75) is 20.3 Å². The average molecular weight is 428 g/mol. The second-order valence-corrected chi connectivity index (χ2v) is 7.24. The Bertz CT molecular complexity index is 1230. The highest BCUT2D eigenvalue weighted by molar-refractivity contribution is 6.00. The van der Waals surface area contributed by atoms with Gasteiger partial charge in [0.05, 0.1) is 17.1 Å². The highest BCUT2D eigenvalue weighted by Crippen LogP contribution is 2.32. The summed E-state index contributed by atoms with van der Waals surface area (Å²) in [6.45, 7) is 4.01. The number of carbonyl (C=O) groups is 1. The van der Waals surface area contributed by atoms with E-state index in [0.717, 1.165) is 23.4 Å². The number of aryl methyl sites for hydroxylation is 2. The van der Waals surface area contributed by atoms with Crippen LogP contribution in [0.4, 0.5) is 16.2 Å². The van der Waals surface area contributed by atoms with Crippen molar-refractivity contribution in [3.63, 3.8) is 0 Å². The van der Waals surface area contributed by atoms with Gasteiger partial charge in [0.1, 0.15) is 5.75 Å². The topological polar surface area (TPSA) is 88.4 Å². The molecule has 1 heterocycles. The van der Waals surface area contributed by atoms with Gasteiger partial charge in [-0.15, -0.1) is 0 Å². The lowest BCUT2D eigenvalue weighted by molar-refractivity contribution is 0.262. The van der Waals surface area contributed by atoms with Gasteiger partial charge in [0.2, 0.25) is 5.88 Å². The van der Waals surface area contributed by atoms with E-state index in [-0.39, 0.29) is 5.75 Å². The lowest BCUT2D eigenvalue weighted by atomic mass is 10.1. The van der Waals surface area contributed by atoms with Gasteiger partial charge < -0.3 is 20.5 Å². The molecular formula is C25H24N4O3. The molecule has 7 nitrogen and oxygen atoms in total.